The number of aryl methyl sites for hydroxylation is 1. The smallest absolute Gasteiger partial charge is 0.141 e. The number of thiophene rings is 1. The van der Waals surface area contributed by atoms with E-state index in [4.69, 9.17) is 0 Å². The topological polar surface area (TPSA) is 42.7 Å². The van der Waals surface area contributed by atoms with Crippen LogP contribution in [-0.4, -0.2) is 14.8 Å². The fourth-order valence-electron chi connectivity index (χ4n) is 1.84. The second kappa shape index (κ2) is 6.11. The first-order valence-corrected chi connectivity index (χ1v) is 7.19. The minimum absolute atomic E-state index is 0.359. The van der Waals surface area contributed by atoms with Crippen LogP contribution in [0.4, 0.5) is 0 Å². The van der Waals surface area contributed by atoms with Crippen LogP contribution in [0, 0.1) is 0 Å². The summed E-state index contributed by atoms with van der Waals surface area (Å²) in [6, 6.07) is 4.76. The zero-order valence-corrected chi connectivity index (χ0v) is 12.0. The van der Waals surface area contributed by atoms with E-state index in [0.29, 0.717) is 6.04 Å². The van der Waals surface area contributed by atoms with Gasteiger partial charge in [-0.1, -0.05) is 6.92 Å². The van der Waals surface area contributed by atoms with Gasteiger partial charge in [0.05, 0.1) is 6.54 Å². The highest BCUT2D eigenvalue weighted by molar-refractivity contribution is 7.11. The third kappa shape index (κ3) is 3.17. The summed E-state index contributed by atoms with van der Waals surface area (Å²) in [5.41, 5.74) is 0. The van der Waals surface area contributed by atoms with Gasteiger partial charge in [0.2, 0.25) is 0 Å². The maximum Gasteiger partial charge on any atom is 0.141 e. The van der Waals surface area contributed by atoms with Gasteiger partial charge in [0.15, 0.2) is 0 Å². The normalized spacial score (nSPS) is 11.3. The number of hydrogen-bond acceptors (Lipinski definition) is 4. The first-order valence-electron chi connectivity index (χ1n) is 6.37. The van der Waals surface area contributed by atoms with Gasteiger partial charge in [0.25, 0.3) is 0 Å². The van der Waals surface area contributed by atoms with Crippen LogP contribution in [0.5, 0.6) is 0 Å². The van der Waals surface area contributed by atoms with E-state index in [9.17, 15) is 0 Å². The van der Waals surface area contributed by atoms with Gasteiger partial charge in [-0.15, -0.1) is 11.3 Å². The second-order valence-electron chi connectivity index (χ2n) is 4.54. The largest absolute Gasteiger partial charge is 0.305 e. The van der Waals surface area contributed by atoms with Gasteiger partial charge in [0.1, 0.15) is 12.2 Å². The van der Waals surface area contributed by atoms with Crippen LogP contribution in [0.2, 0.25) is 0 Å². The van der Waals surface area contributed by atoms with Crippen LogP contribution in [0.3, 0.4) is 0 Å². The van der Waals surface area contributed by atoms with E-state index < -0.39 is 0 Å². The highest BCUT2D eigenvalue weighted by Crippen LogP contribution is 2.16. The van der Waals surface area contributed by atoms with Crippen molar-refractivity contribution in [2.45, 2.75) is 46.3 Å². The monoisotopic (exact) mass is 264 g/mol. The van der Waals surface area contributed by atoms with Crippen molar-refractivity contribution in [3.05, 3.63) is 34.0 Å². The van der Waals surface area contributed by atoms with Gasteiger partial charge < -0.3 is 5.32 Å². The molecular formula is C13H20N4S. The van der Waals surface area contributed by atoms with Crippen molar-refractivity contribution in [3.8, 4) is 0 Å². The van der Waals surface area contributed by atoms with E-state index in [1.165, 1.54) is 9.75 Å². The fourth-order valence-corrected chi connectivity index (χ4v) is 2.76. The Morgan fingerprint density at radius 1 is 1.28 bits per heavy atom. The molecule has 0 aromatic carbocycles. The molecule has 2 heterocycles. The molecule has 4 nitrogen and oxygen atoms in total. The molecule has 2 rings (SSSR count). The highest BCUT2D eigenvalue weighted by atomic mass is 32.1. The number of nitrogens with zero attached hydrogens (tertiary/aromatic N) is 3. The maximum absolute atomic E-state index is 4.28. The molecule has 0 aliphatic rings. The minimum Gasteiger partial charge on any atom is -0.305 e. The standard InChI is InChI=1S/C13H20N4S/c1-4-11-5-6-12(18-11)7-14-8-13-15-9-16-17(13)10(2)3/h5-6,9-10,14H,4,7-8H2,1-3H3. The highest BCUT2D eigenvalue weighted by Gasteiger charge is 2.07. The van der Waals surface area contributed by atoms with E-state index in [0.717, 1.165) is 25.3 Å². The van der Waals surface area contributed by atoms with E-state index in [-0.39, 0.29) is 0 Å². The molecule has 0 spiro atoms. The summed E-state index contributed by atoms with van der Waals surface area (Å²) in [4.78, 5) is 7.10. The Morgan fingerprint density at radius 3 is 2.72 bits per heavy atom. The van der Waals surface area contributed by atoms with Crippen molar-refractivity contribution in [2.24, 2.45) is 0 Å². The predicted octanol–water partition coefficient (Wildman–Crippen LogP) is 2.77. The Kier molecular flexibility index (Phi) is 4.49. The van der Waals surface area contributed by atoms with E-state index in [1.54, 1.807) is 6.33 Å². The first kappa shape index (κ1) is 13.2. The summed E-state index contributed by atoms with van der Waals surface area (Å²) in [6.07, 6.45) is 2.74. The predicted molar refractivity (Wildman–Crippen MR) is 74.6 cm³/mol. The van der Waals surface area contributed by atoms with Crippen LogP contribution in [0.25, 0.3) is 0 Å². The summed E-state index contributed by atoms with van der Waals surface area (Å²) >= 11 is 1.88. The van der Waals surface area contributed by atoms with E-state index in [1.807, 2.05) is 16.0 Å². The van der Waals surface area contributed by atoms with Crippen molar-refractivity contribution in [3.63, 3.8) is 0 Å². The Labute approximate surface area is 112 Å². The molecule has 2 aromatic rings. The third-order valence-corrected chi connectivity index (χ3v) is 4.01. The molecule has 0 radical (unpaired) electrons. The van der Waals surface area contributed by atoms with Crippen molar-refractivity contribution < 1.29 is 0 Å². The summed E-state index contributed by atoms with van der Waals surface area (Å²) in [5.74, 6) is 0.997. The van der Waals surface area contributed by atoms with Gasteiger partial charge in [-0.05, 0) is 32.4 Å². The molecule has 0 saturated heterocycles. The van der Waals surface area contributed by atoms with Gasteiger partial charge in [0, 0.05) is 22.3 Å². The molecule has 2 aromatic heterocycles. The molecule has 0 aliphatic carbocycles. The number of rotatable bonds is 6. The lowest BCUT2D eigenvalue weighted by Crippen LogP contribution is -2.17. The lowest BCUT2D eigenvalue weighted by Gasteiger charge is -2.09. The van der Waals surface area contributed by atoms with Gasteiger partial charge in [-0.25, -0.2) is 9.67 Å². The molecule has 18 heavy (non-hydrogen) atoms. The number of aromatic nitrogens is 3. The quantitative estimate of drug-likeness (QED) is 0.872. The number of hydrogen-bond donors (Lipinski definition) is 1. The van der Waals surface area contributed by atoms with E-state index in [2.05, 4.69) is 48.3 Å². The Balaban J connectivity index is 1.86. The molecular weight excluding hydrogens is 244 g/mol. The zero-order valence-electron chi connectivity index (χ0n) is 11.2. The Hall–Kier alpha value is -1.20. The van der Waals surface area contributed by atoms with Crippen LogP contribution in [0.15, 0.2) is 18.5 Å². The van der Waals surface area contributed by atoms with Crippen molar-refractivity contribution in [1.82, 2.24) is 20.1 Å². The van der Waals surface area contributed by atoms with Crippen LogP contribution in [-0.2, 0) is 19.5 Å². The zero-order chi connectivity index (χ0) is 13.0. The summed E-state index contributed by atoms with van der Waals surface area (Å²) in [5, 5.41) is 7.65. The summed E-state index contributed by atoms with van der Waals surface area (Å²) in [7, 11) is 0. The van der Waals surface area contributed by atoms with Crippen molar-refractivity contribution in [2.75, 3.05) is 0 Å². The van der Waals surface area contributed by atoms with Crippen molar-refractivity contribution in [1.29, 1.82) is 0 Å². The minimum atomic E-state index is 0.359. The summed E-state index contributed by atoms with van der Waals surface area (Å²) in [6.45, 7) is 8.08. The summed E-state index contributed by atoms with van der Waals surface area (Å²) < 4.78 is 1.96. The molecule has 1 N–H and O–H groups in total. The average Bonchev–Trinajstić information content (AvgIpc) is 2.97. The van der Waals surface area contributed by atoms with Gasteiger partial charge >= 0.3 is 0 Å². The molecule has 0 fully saturated rings. The molecule has 0 bridgehead atoms. The molecule has 98 valence electrons. The lowest BCUT2D eigenvalue weighted by molar-refractivity contribution is 0.490. The molecule has 0 aliphatic heterocycles. The Bertz CT molecular complexity index is 487. The van der Waals surface area contributed by atoms with Crippen LogP contribution < -0.4 is 5.32 Å². The van der Waals surface area contributed by atoms with Gasteiger partial charge in [-0.3, -0.25) is 0 Å². The Morgan fingerprint density at radius 2 is 2.06 bits per heavy atom. The SMILES string of the molecule is CCc1ccc(CNCc2ncnn2C(C)C)s1. The average molecular weight is 264 g/mol. The molecule has 5 heteroatoms. The fraction of sp³-hybridized carbons (Fsp3) is 0.538. The molecule has 0 unspecified atom stereocenters. The molecule has 0 atom stereocenters. The first-order chi connectivity index (χ1) is 8.70. The number of nitrogens with one attached hydrogen (secondary N) is 1. The van der Waals surface area contributed by atoms with E-state index >= 15 is 0 Å². The molecule has 0 saturated carbocycles. The third-order valence-electron chi connectivity index (χ3n) is 2.78. The molecule has 0 amide bonds. The van der Waals surface area contributed by atoms with Crippen LogP contribution >= 0.6 is 11.3 Å². The maximum atomic E-state index is 4.28. The second-order valence-corrected chi connectivity index (χ2v) is 5.79. The van der Waals surface area contributed by atoms with Crippen molar-refractivity contribution >= 4 is 11.3 Å². The lowest BCUT2D eigenvalue weighted by atomic mass is 10.3. The van der Waals surface area contributed by atoms with Crippen LogP contribution in [0.1, 0.15) is 42.4 Å². The van der Waals surface area contributed by atoms with Gasteiger partial charge in [-0.2, -0.15) is 5.10 Å².